The van der Waals surface area contributed by atoms with E-state index in [1.165, 1.54) is 5.56 Å². The van der Waals surface area contributed by atoms with Gasteiger partial charge in [0.05, 0.1) is 16.7 Å². The number of nitrogens with one attached hydrogen (secondary N) is 1. The third-order valence-corrected chi connectivity index (χ3v) is 5.67. The number of aromatic nitrogens is 1. The monoisotopic (exact) mass is 412 g/mol. The summed E-state index contributed by atoms with van der Waals surface area (Å²) in [6, 6.07) is 25.2. The first-order chi connectivity index (χ1) is 15.2. The number of hydrogen-bond donors (Lipinski definition) is 2. The zero-order chi connectivity index (χ0) is 21.5. The highest BCUT2D eigenvalue weighted by Gasteiger charge is 2.09. The molecule has 0 aliphatic heterocycles. The number of carboxylic acid groups (broad SMARTS) is 1. The Kier molecular flexibility index (Phi) is 6.78. The minimum Gasteiger partial charge on any atom is -0.481 e. The van der Waals surface area contributed by atoms with Crippen molar-refractivity contribution in [1.82, 2.24) is 4.98 Å². The van der Waals surface area contributed by atoms with E-state index in [0.29, 0.717) is 0 Å². The molecule has 3 aromatic carbocycles. The predicted molar refractivity (Wildman–Crippen MR) is 128 cm³/mol. The van der Waals surface area contributed by atoms with Gasteiger partial charge in [-0.15, -0.1) is 0 Å². The number of fused-ring (bicyclic) bond motifs is 2. The summed E-state index contributed by atoms with van der Waals surface area (Å²) >= 11 is 0. The molecule has 4 rings (SSSR count). The lowest BCUT2D eigenvalue weighted by atomic mass is 10.0. The first kappa shape index (κ1) is 20.9. The topological polar surface area (TPSA) is 62.2 Å². The lowest BCUT2D eigenvalue weighted by molar-refractivity contribution is -0.137. The normalized spacial score (nSPS) is 11.1. The Balaban J connectivity index is 1.40. The van der Waals surface area contributed by atoms with Crippen LogP contribution in [-0.4, -0.2) is 16.1 Å². The molecule has 2 N–H and O–H groups in total. The van der Waals surface area contributed by atoms with Gasteiger partial charge in [0, 0.05) is 22.9 Å². The number of nitrogens with zero attached hydrogens (tertiary/aromatic N) is 1. The molecule has 0 amide bonds. The quantitative estimate of drug-likeness (QED) is 0.215. The molecule has 0 radical (unpaired) electrons. The smallest absolute Gasteiger partial charge is 0.303 e. The van der Waals surface area contributed by atoms with Crippen molar-refractivity contribution in [2.75, 3.05) is 5.32 Å². The van der Waals surface area contributed by atoms with Gasteiger partial charge in [-0.1, -0.05) is 67.8 Å². The Morgan fingerprint density at radius 1 is 0.742 bits per heavy atom. The van der Waals surface area contributed by atoms with E-state index in [1.807, 2.05) is 12.1 Å². The highest BCUT2D eigenvalue weighted by atomic mass is 16.4. The average Bonchev–Trinajstić information content (AvgIpc) is 2.79. The van der Waals surface area contributed by atoms with E-state index in [9.17, 15) is 4.79 Å². The van der Waals surface area contributed by atoms with Crippen LogP contribution >= 0.6 is 0 Å². The lowest BCUT2D eigenvalue weighted by Crippen LogP contribution is -1.96. The van der Waals surface area contributed by atoms with E-state index in [1.54, 1.807) is 0 Å². The second kappa shape index (κ2) is 10.1. The Hall–Kier alpha value is -3.40. The zero-order valence-electron chi connectivity index (χ0n) is 17.7. The van der Waals surface area contributed by atoms with Crippen LogP contribution in [0.5, 0.6) is 0 Å². The number of benzene rings is 3. The number of hydrogen-bond acceptors (Lipinski definition) is 3. The van der Waals surface area contributed by atoms with E-state index in [-0.39, 0.29) is 6.42 Å². The first-order valence-corrected chi connectivity index (χ1v) is 11.1. The molecule has 31 heavy (non-hydrogen) atoms. The van der Waals surface area contributed by atoms with Crippen molar-refractivity contribution in [2.45, 2.75) is 44.9 Å². The maximum Gasteiger partial charge on any atom is 0.303 e. The fraction of sp³-hybridized carbons (Fsp3) is 0.259. The van der Waals surface area contributed by atoms with E-state index < -0.39 is 5.97 Å². The molecule has 0 spiro atoms. The number of para-hydroxylation sites is 2. The van der Waals surface area contributed by atoms with Gasteiger partial charge in [-0.2, -0.15) is 0 Å². The van der Waals surface area contributed by atoms with Crippen molar-refractivity contribution < 1.29 is 9.90 Å². The summed E-state index contributed by atoms with van der Waals surface area (Å²) in [6.45, 7) is 0. The highest BCUT2D eigenvalue weighted by Crippen LogP contribution is 2.33. The van der Waals surface area contributed by atoms with Gasteiger partial charge in [0.1, 0.15) is 0 Å². The molecule has 4 heteroatoms. The summed E-state index contributed by atoms with van der Waals surface area (Å²) in [5.41, 5.74) is 5.47. The molecule has 0 aliphatic carbocycles. The minimum atomic E-state index is -0.693. The fourth-order valence-electron chi connectivity index (χ4n) is 4.01. The number of aryl methyl sites for hydroxylation is 1. The maximum atomic E-state index is 10.5. The summed E-state index contributed by atoms with van der Waals surface area (Å²) in [4.78, 5) is 15.3. The number of carboxylic acids is 1. The first-order valence-electron chi connectivity index (χ1n) is 11.1. The van der Waals surface area contributed by atoms with Crippen LogP contribution in [0.2, 0.25) is 0 Å². The van der Waals surface area contributed by atoms with Gasteiger partial charge in [-0.25, -0.2) is 4.98 Å². The number of anilines is 2. The maximum absolute atomic E-state index is 10.5. The largest absolute Gasteiger partial charge is 0.481 e. The van der Waals surface area contributed by atoms with E-state index in [0.717, 1.165) is 71.7 Å². The van der Waals surface area contributed by atoms with Crippen molar-refractivity contribution in [3.8, 4) is 0 Å². The summed E-state index contributed by atoms with van der Waals surface area (Å²) in [5.74, 6) is -0.693. The van der Waals surface area contributed by atoms with Crippen molar-refractivity contribution in [1.29, 1.82) is 0 Å². The third kappa shape index (κ3) is 5.40. The summed E-state index contributed by atoms with van der Waals surface area (Å²) < 4.78 is 0. The molecule has 158 valence electrons. The van der Waals surface area contributed by atoms with Crippen LogP contribution in [-0.2, 0) is 11.2 Å². The molecule has 0 aliphatic rings. The molecule has 0 saturated heterocycles. The summed E-state index contributed by atoms with van der Waals surface area (Å²) in [6.07, 6.45) is 6.52. The van der Waals surface area contributed by atoms with Crippen molar-refractivity contribution in [3.63, 3.8) is 0 Å². The number of aliphatic carboxylic acids is 1. The van der Waals surface area contributed by atoms with Crippen LogP contribution in [0.4, 0.5) is 11.4 Å². The Labute approximate surface area is 182 Å². The molecule has 0 saturated carbocycles. The van der Waals surface area contributed by atoms with Crippen LogP contribution in [0.1, 0.15) is 44.1 Å². The molecule has 1 aromatic heterocycles. The molecule has 0 atom stereocenters. The highest BCUT2D eigenvalue weighted by molar-refractivity contribution is 6.08. The van der Waals surface area contributed by atoms with Gasteiger partial charge >= 0.3 is 5.97 Å². The number of rotatable bonds is 10. The summed E-state index contributed by atoms with van der Waals surface area (Å²) in [5, 5.41) is 14.5. The SMILES string of the molecule is O=C(O)CCCCCCCc1ccc(Nc2c3ccccc3nc3ccccc23)cc1. The minimum absolute atomic E-state index is 0.288. The second-order valence-electron chi connectivity index (χ2n) is 8.00. The standard InChI is InChI=1S/C27H28N2O2/c30-26(31)15-5-3-1-2-4-10-20-16-18-21(19-17-20)28-27-22-11-6-8-13-24(22)29-25-14-9-7-12-23(25)27/h6-9,11-14,16-19H,1-5,10,15H2,(H,28,29)(H,30,31). The Morgan fingerprint density at radius 2 is 1.32 bits per heavy atom. The number of unbranched alkanes of at least 4 members (excludes halogenated alkanes) is 4. The molecule has 1 heterocycles. The molecule has 0 fully saturated rings. The van der Waals surface area contributed by atoms with Gasteiger partial charge in [0.2, 0.25) is 0 Å². The zero-order valence-corrected chi connectivity index (χ0v) is 17.7. The van der Waals surface area contributed by atoms with Gasteiger partial charge in [0.25, 0.3) is 0 Å². The fourth-order valence-corrected chi connectivity index (χ4v) is 4.01. The average molecular weight is 413 g/mol. The molecule has 0 bridgehead atoms. The predicted octanol–water partition coefficient (Wildman–Crippen LogP) is 7.10. The molecule has 4 aromatic rings. The number of pyridine rings is 1. The van der Waals surface area contributed by atoms with Gasteiger partial charge < -0.3 is 10.4 Å². The Morgan fingerprint density at radius 3 is 1.97 bits per heavy atom. The van der Waals surface area contributed by atoms with Gasteiger partial charge in [-0.3, -0.25) is 4.79 Å². The van der Waals surface area contributed by atoms with Crippen molar-refractivity contribution >= 4 is 39.1 Å². The molecule has 0 unspecified atom stereocenters. The van der Waals surface area contributed by atoms with Crippen LogP contribution in [0.25, 0.3) is 21.8 Å². The van der Waals surface area contributed by atoms with E-state index in [2.05, 4.69) is 66.0 Å². The van der Waals surface area contributed by atoms with E-state index in [4.69, 9.17) is 10.1 Å². The van der Waals surface area contributed by atoms with Crippen LogP contribution in [0.3, 0.4) is 0 Å². The lowest BCUT2D eigenvalue weighted by Gasteiger charge is -2.13. The van der Waals surface area contributed by atoms with Crippen LogP contribution < -0.4 is 5.32 Å². The van der Waals surface area contributed by atoms with Crippen molar-refractivity contribution in [3.05, 3.63) is 78.4 Å². The van der Waals surface area contributed by atoms with Crippen molar-refractivity contribution in [2.24, 2.45) is 0 Å². The van der Waals surface area contributed by atoms with Crippen LogP contribution in [0.15, 0.2) is 72.8 Å². The van der Waals surface area contributed by atoms with Gasteiger partial charge in [0.15, 0.2) is 0 Å². The molecular weight excluding hydrogens is 384 g/mol. The van der Waals surface area contributed by atoms with Crippen LogP contribution in [0, 0.1) is 0 Å². The third-order valence-electron chi connectivity index (χ3n) is 5.67. The Bertz CT molecular complexity index is 1110. The molecular formula is C27H28N2O2. The van der Waals surface area contributed by atoms with E-state index >= 15 is 0 Å². The summed E-state index contributed by atoms with van der Waals surface area (Å²) in [7, 11) is 0. The molecule has 4 nitrogen and oxygen atoms in total. The number of carbonyl (C=O) groups is 1. The van der Waals surface area contributed by atoms with Gasteiger partial charge in [-0.05, 0) is 49.1 Å². The second-order valence-corrected chi connectivity index (χ2v) is 8.00.